The van der Waals surface area contributed by atoms with Gasteiger partial charge in [0.1, 0.15) is 47.8 Å². The van der Waals surface area contributed by atoms with Gasteiger partial charge in [-0.1, -0.05) is 37.9 Å². The van der Waals surface area contributed by atoms with E-state index in [1.165, 1.54) is 40.1 Å². The predicted molar refractivity (Wildman–Crippen MR) is 254 cm³/mol. The van der Waals surface area contributed by atoms with E-state index < -0.39 is 133 Å². The van der Waals surface area contributed by atoms with Crippen LogP contribution >= 0.6 is 22.9 Å². The van der Waals surface area contributed by atoms with Crippen LogP contribution in [-0.2, 0) is 40.0 Å². The van der Waals surface area contributed by atoms with Gasteiger partial charge in [0.15, 0.2) is 0 Å². The summed E-state index contributed by atoms with van der Waals surface area (Å²) in [4.78, 5) is 110. The summed E-state index contributed by atoms with van der Waals surface area (Å²) in [7, 11) is 4.42. The van der Waals surface area contributed by atoms with Gasteiger partial charge in [-0.3, -0.25) is 38.5 Å². The normalized spacial score (nSPS) is 27.1. The number of nitrogens with zero attached hydrogens (tertiary/aromatic N) is 5. The molecule has 70 heavy (non-hydrogen) atoms. The van der Waals surface area contributed by atoms with Crippen LogP contribution in [0, 0.1) is 22.7 Å². The molecule has 2 saturated heterocycles. The van der Waals surface area contributed by atoms with Crippen molar-refractivity contribution in [2.75, 3.05) is 34.2 Å². The summed E-state index contributed by atoms with van der Waals surface area (Å²) in [6.07, 6.45) is -2.52. The van der Waals surface area contributed by atoms with Gasteiger partial charge in [0.05, 0.1) is 16.9 Å². The first-order valence-corrected chi connectivity index (χ1v) is 25.6. The highest BCUT2D eigenvalue weighted by Gasteiger charge is 2.73. The third kappa shape index (κ3) is 11.1. The second-order valence-electron chi connectivity index (χ2n) is 20.9. The lowest BCUT2D eigenvalue weighted by Crippen LogP contribution is -2.66. The van der Waals surface area contributed by atoms with Gasteiger partial charge in [-0.15, -0.1) is 11.3 Å². The fourth-order valence-electron chi connectivity index (χ4n) is 11.0. The number of hydrogen-bond donors (Lipinski definition) is 3. The molecular weight excluding hydrogens is 956 g/mol. The van der Waals surface area contributed by atoms with E-state index in [2.05, 4.69) is 20.9 Å². The van der Waals surface area contributed by atoms with Gasteiger partial charge in [0, 0.05) is 51.7 Å². The Morgan fingerprint density at radius 1 is 1.00 bits per heavy atom. The number of nitrogens with one attached hydrogen (secondary N) is 3. The zero-order valence-electron chi connectivity index (χ0n) is 40.6. The van der Waals surface area contributed by atoms with E-state index in [1.54, 1.807) is 43.9 Å². The summed E-state index contributed by atoms with van der Waals surface area (Å²) >= 11 is 7.86. The number of halogens is 5. The van der Waals surface area contributed by atoms with E-state index in [-0.39, 0.29) is 31.7 Å². The molecule has 2 aliphatic heterocycles. The van der Waals surface area contributed by atoms with Crippen molar-refractivity contribution < 1.29 is 51.1 Å². The Labute approximate surface area is 415 Å². The summed E-state index contributed by atoms with van der Waals surface area (Å²) in [5, 5.41) is 8.77. The summed E-state index contributed by atoms with van der Waals surface area (Å²) in [5.74, 6) is -5.81. The van der Waals surface area contributed by atoms with Crippen LogP contribution in [0.4, 0.5) is 17.6 Å². The highest BCUT2D eigenvalue weighted by atomic mass is 35.5. The van der Waals surface area contributed by atoms with Crippen molar-refractivity contribution in [3.05, 3.63) is 40.5 Å². The van der Waals surface area contributed by atoms with Crippen LogP contribution in [0.5, 0.6) is 0 Å². The number of hydrogen-bond acceptors (Lipinski definition) is 9. The Hall–Kier alpha value is -4.85. The molecule has 3 saturated carbocycles. The number of rotatable bonds is 11. The first kappa shape index (κ1) is 53.0. The molecule has 15 nitrogen and oxygen atoms in total. The molecule has 1 spiro atoms. The zero-order valence-corrected chi connectivity index (χ0v) is 42.2. The molecule has 7 amide bonds. The van der Waals surface area contributed by atoms with Crippen molar-refractivity contribution in [3.8, 4) is 10.4 Å². The lowest BCUT2D eigenvalue weighted by atomic mass is 9.44. The molecule has 5 aliphatic rings. The van der Waals surface area contributed by atoms with Crippen molar-refractivity contribution in [1.29, 1.82) is 0 Å². The summed E-state index contributed by atoms with van der Waals surface area (Å²) in [6, 6.07) is -2.23. The second-order valence-corrected chi connectivity index (χ2v) is 22.2. The SMILES string of the molecule is CC(C)C[C@@H]1NC(=O)[C@@H](N(C)C(=O)[C@@H](NC(=O)[C@@H]2C[C@@H](F)CN2C(=O)C2(C(F)(F)F)CC3(CCC3)C2)C2CC2)CCCCN(C)C(=O)[C@@H](C)NC(=O)[C@H](Cc2cc(Cl)ccc2-c2cncs2)N(C)C1=O. The molecule has 1 aromatic heterocycles. The van der Waals surface area contributed by atoms with Gasteiger partial charge in [-0.25, -0.2) is 4.39 Å². The Kier molecular flexibility index (Phi) is 16.0. The fraction of sp³-hybridized carbons (Fsp3) is 0.673. The standard InChI is InChI=1S/C49H65ClF4N8O7S/c1-27(2)18-34-44(67)61(6)36(20-30-19-31(50)13-14-33(30)38-22-55-26-70-38)41(64)56-28(3)43(66)59(4)17-8-7-10-35(40(63)57-34)60(5)45(68)39(29-11-12-29)58-42(65)37-21-32(51)23-62(37)46(69)48(49(52,53)54)24-47(25-48)15-9-16-47/h13-14,19,22,26-29,32,34-37,39H,7-12,15-18,20-21,23-25H2,1-6H3,(H,56,64)(H,57,63)(H,58,65)/t28-,32-,34+,35+,36+,37+,39+/m1/s1. The lowest BCUT2D eigenvalue weighted by Gasteiger charge is -2.60. The first-order valence-electron chi connectivity index (χ1n) is 24.3. The zero-order chi connectivity index (χ0) is 51.0. The van der Waals surface area contributed by atoms with Crippen molar-refractivity contribution >= 4 is 64.3 Å². The van der Waals surface area contributed by atoms with Crippen LogP contribution in [0.25, 0.3) is 10.4 Å². The fourth-order valence-corrected chi connectivity index (χ4v) is 11.9. The maximum absolute atomic E-state index is 15.1. The quantitative estimate of drug-likeness (QED) is 0.241. The molecule has 1 aromatic carbocycles. The summed E-state index contributed by atoms with van der Waals surface area (Å²) in [6.45, 7) is 4.83. The highest BCUT2D eigenvalue weighted by molar-refractivity contribution is 7.13. The third-order valence-electron chi connectivity index (χ3n) is 15.3. The number of carbonyl (C=O) groups is 7. The minimum absolute atomic E-state index is 0.0300. The largest absolute Gasteiger partial charge is 0.403 e. The molecule has 21 heteroatoms. The number of thiazole rings is 1. The Bertz CT molecular complexity index is 2300. The van der Waals surface area contributed by atoms with Crippen molar-refractivity contribution in [2.45, 2.75) is 153 Å². The van der Waals surface area contributed by atoms with Gasteiger partial charge >= 0.3 is 6.18 Å². The molecule has 5 fully saturated rings. The predicted octanol–water partition coefficient (Wildman–Crippen LogP) is 5.68. The number of aromatic nitrogens is 1. The topological polar surface area (TPSA) is 181 Å². The van der Waals surface area contributed by atoms with Crippen LogP contribution in [0.3, 0.4) is 0 Å². The molecule has 3 heterocycles. The van der Waals surface area contributed by atoms with Crippen molar-refractivity contribution in [2.24, 2.45) is 22.7 Å². The van der Waals surface area contributed by atoms with Crippen LogP contribution in [0.2, 0.25) is 5.02 Å². The van der Waals surface area contributed by atoms with Gasteiger partial charge < -0.3 is 35.6 Å². The number of amides is 7. The van der Waals surface area contributed by atoms with Crippen molar-refractivity contribution in [3.63, 3.8) is 0 Å². The van der Waals surface area contributed by atoms with Gasteiger partial charge in [0.25, 0.3) is 0 Å². The smallest absolute Gasteiger partial charge is 0.344 e. The maximum Gasteiger partial charge on any atom is 0.403 e. The molecule has 0 bridgehead atoms. The molecule has 2 aromatic rings. The highest BCUT2D eigenvalue weighted by Crippen LogP contribution is 2.69. The molecule has 384 valence electrons. The average molecular weight is 1020 g/mol. The molecule has 3 aliphatic carbocycles. The number of carbonyl (C=O) groups excluding carboxylic acids is 7. The van der Waals surface area contributed by atoms with Gasteiger partial charge in [0.2, 0.25) is 41.4 Å². The third-order valence-corrected chi connectivity index (χ3v) is 16.3. The van der Waals surface area contributed by atoms with Crippen LogP contribution in [0.1, 0.15) is 103 Å². The Balaban J connectivity index is 1.14. The molecule has 0 unspecified atom stereocenters. The van der Waals surface area contributed by atoms with Gasteiger partial charge in [-0.2, -0.15) is 13.2 Å². The van der Waals surface area contributed by atoms with E-state index in [0.29, 0.717) is 54.0 Å². The first-order chi connectivity index (χ1) is 33.0. The van der Waals surface area contributed by atoms with Crippen LogP contribution in [-0.4, -0.2) is 149 Å². The lowest BCUT2D eigenvalue weighted by molar-refractivity contribution is -0.285. The van der Waals surface area contributed by atoms with E-state index in [0.717, 1.165) is 16.9 Å². The minimum Gasteiger partial charge on any atom is -0.344 e. The van der Waals surface area contributed by atoms with Crippen LogP contribution in [0.15, 0.2) is 29.9 Å². The number of likely N-dealkylation sites (tertiary alicyclic amines) is 1. The van der Waals surface area contributed by atoms with E-state index in [4.69, 9.17) is 11.6 Å². The monoisotopic (exact) mass is 1020 g/mol. The molecule has 0 radical (unpaired) electrons. The molecule has 7 atom stereocenters. The Morgan fingerprint density at radius 3 is 2.30 bits per heavy atom. The maximum atomic E-state index is 15.1. The summed E-state index contributed by atoms with van der Waals surface area (Å²) in [5.41, 5.74) is -0.246. The number of likely N-dealkylation sites (N-methyl/N-ethyl adjacent to an activating group) is 3. The van der Waals surface area contributed by atoms with E-state index in [1.807, 2.05) is 13.8 Å². The average Bonchev–Trinajstić information content (AvgIpc) is 3.80. The van der Waals surface area contributed by atoms with E-state index in [9.17, 15) is 46.7 Å². The Morgan fingerprint density at radius 2 is 1.70 bits per heavy atom. The molecule has 7 rings (SSSR count). The summed E-state index contributed by atoms with van der Waals surface area (Å²) < 4.78 is 59.3. The van der Waals surface area contributed by atoms with E-state index >= 15 is 4.39 Å². The molecular formula is C49H65ClF4N8O7S. The molecule has 3 N–H and O–H groups in total. The minimum atomic E-state index is -4.90. The van der Waals surface area contributed by atoms with Crippen molar-refractivity contribution in [1.82, 2.24) is 40.5 Å². The number of benzene rings is 1. The second kappa shape index (κ2) is 21.1. The van der Waals surface area contributed by atoms with Crippen LogP contribution < -0.4 is 16.0 Å². The number of alkyl halides is 4. The van der Waals surface area contributed by atoms with Gasteiger partial charge in [-0.05, 0) is 112 Å².